The molecule has 0 saturated carbocycles. The van der Waals surface area contributed by atoms with Crippen molar-refractivity contribution in [1.29, 1.82) is 0 Å². The number of carbonyl (C=O) groups excluding carboxylic acids is 2. The summed E-state index contributed by atoms with van der Waals surface area (Å²) in [7, 11) is 0. The Bertz CT molecular complexity index is 968. The van der Waals surface area contributed by atoms with Crippen molar-refractivity contribution in [2.24, 2.45) is 0 Å². The van der Waals surface area contributed by atoms with Gasteiger partial charge >= 0.3 is 6.09 Å². The maximum Gasteiger partial charge on any atom is 0.414 e. The van der Waals surface area contributed by atoms with Crippen LogP contribution in [0.15, 0.2) is 30.5 Å². The highest BCUT2D eigenvalue weighted by atomic mass is 32.1. The predicted molar refractivity (Wildman–Crippen MR) is 109 cm³/mol. The lowest BCUT2D eigenvalue weighted by molar-refractivity contribution is -0.133. The lowest BCUT2D eigenvalue weighted by Crippen LogP contribution is -2.36. The van der Waals surface area contributed by atoms with Crippen molar-refractivity contribution in [3.05, 3.63) is 41.9 Å². The molecule has 1 aromatic heterocycles. The summed E-state index contributed by atoms with van der Waals surface area (Å²) in [5, 5.41) is 12.0. The van der Waals surface area contributed by atoms with Gasteiger partial charge in [0.05, 0.1) is 36.7 Å². The van der Waals surface area contributed by atoms with E-state index in [2.05, 4.69) is 14.1 Å². The van der Waals surface area contributed by atoms with E-state index in [0.717, 1.165) is 17.3 Å². The highest BCUT2D eigenvalue weighted by Crippen LogP contribution is 2.29. The van der Waals surface area contributed by atoms with Gasteiger partial charge in [-0.25, -0.2) is 9.18 Å². The minimum Gasteiger partial charge on any atom is -0.442 e. The Hall–Kier alpha value is -3.05. The van der Waals surface area contributed by atoms with E-state index in [1.807, 2.05) is 0 Å². The van der Waals surface area contributed by atoms with E-state index in [0.29, 0.717) is 49.7 Å². The summed E-state index contributed by atoms with van der Waals surface area (Å²) < 4.78 is 28.1. The fourth-order valence-corrected chi connectivity index (χ4v) is 3.87. The van der Waals surface area contributed by atoms with Crippen LogP contribution in [0, 0.1) is 5.82 Å². The first-order valence-electron chi connectivity index (χ1n) is 9.42. The first kappa shape index (κ1) is 20.2. The summed E-state index contributed by atoms with van der Waals surface area (Å²) in [4.78, 5) is 26.7. The Kier molecular flexibility index (Phi) is 5.91. The van der Waals surface area contributed by atoms with Gasteiger partial charge in [-0.15, -0.1) is 0 Å². The molecule has 3 heterocycles. The van der Waals surface area contributed by atoms with Gasteiger partial charge in [-0.05, 0) is 30.2 Å². The zero-order chi connectivity index (χ0) is 21.1. The van der Waals surface area contributed by atoms with Crippen LogP contribution in [0.2, 0.25) is 0 Å². The van der Waals surface area contributed by atoms with Crippen LogP contribution < -0.4 is 10.2 Å². The molecule has 0 spiro atoms. The van der Waals surface area contributed by atoms with Crippen LogP contribution in [0.3, 0.4) is 0 Å². The van der Waals surface area contributed by atoms with Gasteiger partial charge in [-0.1, -0.05) is 6.08 Å². The van der Waals surface area contributed by atoms with E-state index < -0.39 is 24.6 Å². The van der Waals surface area contributed by atoms with Crippen molar-refractivity contribution in [2.45, 2.75) is 12.5 Å². The van der Waals surface area contributed by atoms with Crippen LogP contribution in [0.5, 0.6) is 0 Å². The smallest absolute Gasteiger partial charge is 0.414 e. The van der Waals surface area contributed by atoms with Crippen molar-refractivity contribution in [2.75, 3.05) is 43.0 Å². The summed E-state index contributed by atoms with van der Waals surface area (Å²) in [5.74, 6) is -0.169. The van der Waals surface area contributed by atoms with E-state index in [1.165, 1.54) is 15.9 Å². The third-order valence-electron chi connectivity index (χ3n) is 5.05. The maximum absolute atomic E-state index is 14.8. The fraction of sp³-hybridized carbons (Fsp3) is 0.368. The molecule has 0 bridgehead atoms. The number of aromatic nitrogens is 2. The molecular weight excluding hydrogens is 413 g/mol. The number of rotatable bonds is 6. The lowest BCUT2D eigenvalue weighted by atomic mass is 9.98. The van der Waals surface area contributed by atoms with E-state index in [1.54, 1.807) is 24.4 Å². The van der Waals surface area contributed by atoms with E-state index in [4.69, 9.17) is 9.84 Å². The first-order chi connectivity index (χ1) is 14.5. The van der Waals surface area contributed by atoms with Crippen LogP contribution in [0.1, 0.15) is 12.0 Å². The molecule has 4 rings (SSSR count). The van der Waals surface area contributed by atoms with E-state index in [-0.39, 0.29) is 5.91 Å². The summed E-state index contributed by atoms with van der Waals surface area (Å²) in [5.41, 5.74) is 1.66. The molecule has 1 saturated heterocycles. The molecule has 2 N–H and O–H groups in total. The molecule has 30 heavy (non-hydrogen) atoms. The van der Waals surface area contributed by atoms with Gasteiger partial charge in [-0.2, -0.15) is 8.75 Å². The third kappa shape index (κ3) is 4.26. The fourth-order valence-electron chi connectivity index (χ4n) is 3.47. The molecule has 0 radical (unpaired) electrons. The molecule has 0 unspecified atom stereocenters. The molecular formula is C19H20FN5O4S. The van der Waals surface area contributed by atoms with Crippen LogP contribution in [-0.4, -0.2) is 69.6 Å². The number of halogens is 1. The molecule has 1 fully saturated rings. The predicted octanol–water partition coefficient (Wildman–Crippen LogP) is 1.72. The quantitative estimate of drug-likeness (QED) is 0.714. The van der Waals surface area contributed by atoms with Gasteiger partial charge in [0, 0.05) is 18.7 Å². The van der Waals surface area contributed by atoms with Gasteiger partial charge in [0.25, 0.3) is 0 Å². The lowest BCUT2D eigenvalue weighted by Gasteiger charge is -2.26. The van der Waals surface area contributed by atoms with Crippen LogP contribution in [-0.2, 0) is 9.53 Å². The second-order valence-electron chi connectivity index (χ2n) is 6.93. The molecule has 1 aromatic carbocycles. The number of aliphatic hydroxyl groups is 1. The number of hydrogen-bond acceptors (Lipinski definition) is 8. The highest BCUT2D eigenvalue weighted by Gasteiger charge is 2.33. The SMILES string of the molecule is O=C(CO)N1CC=C(c2ccc(N3C[C@H](CNc4cnsn4)OC3=O)cc2F)CC1. The molecule has 11 heteroatoms. The number of aliphatic hydroxyl groups excluding tert-OH is 1. The number of nitrogens with one attached hydrogen (secondary N) is 1. The Labute approximate surface area is 176 Å². The molecule has 2 amide bonds. The molecule has 2 aliphatic rings. The second-order valence-corrected chi connectivity index (χ2v) is 7.49. The number of ether oxygens (including phenoxy) is 1. The number of cyclic esters (lactones) is 1. The summed E-state index contributed by atoms with van der Waals surface area (Å²) in [6.07, 6.45) is 2.95. The van der Waals surface area contributed by atoms with Gasteiger partial charge < -0.3 is 20.1 Å². The molecule has 2 aliphatic heterocycles. The summed E-state index contributed by atoms with van der Waals surface area (Å²) in [6, 6.07) is 4.65. The molecule has 1 atom stereocenters. The Morgan fingerprint density at radius 2 is 2.30 bits per heavy atom. The highest BCUT2D eigenvalue weighted by molar-refractivity contribution is 6.99. The number of amides is 2. The van der Waals surface area contributed by atoms with Gasteiger partial charge in [0.1, 0.15) is 18.5 Å². The second kappa shape index (κ2) is 8.76. The first-order valence-corrected chi connectivity index (χ1v) is 10.2. The maximum atomic E-state index is 14.8. The molecule has 0 aliphatic carbocycles. The number of anilines is 2. The molecule has 2 aromatic rings. The zero-order valence-electron chi connectivity index (χ0n) is 16.0. The minimum absolute atomic E-state index is 0.295. The van der Waals surface area contributed by atoms with Crippen molar-refractivity contribution in [1.82, 2.24) is 13.6 Å². The number of nitrogens with zero attached hydrogens (tertiary/aromatic N) is 4. The average Bonchev–Trinajstić information content (AvgIpc) is 3.41. The van der Waals surface area contributed by atoms with Gasteiger partial charge in [0.2, 0.25) is 5.91 Å². The van der Waals surface area contributed by atoms with E-state index >= 15 is 0 Å². The Balaban J connectivity index is 1.41. The van der Waals surface area contributed by atoms with Crippen LogP contribution in [0.25, 0.3) is 5.57 Å². The minimum atomic E-state index is -0.532. The average molecular weight is 433 g/mol. The van der Waals surface area contributed by atoms with Gasteiger partial charge in [-0.3, -0.25) is 9.69 Å². The normalized spacial score (nSPS) is 18.9. The zero-order valence-corrected chi connectivity index (χ0v) is 16.8. The number of carbonyl (C=O) groups is 2. The van der Waals surface area contributed by atoms with Crippen molar-refractivity contribution in [3.8, 4) is 0 Å². The van der Waals surface area contributed by atoms with Crippen LogP contribution >= 0.6 is 11.7 Å². The number of benzene rings is 1. The van der Waals surface area contributed by atoms with Crippen molar-refractivity contribution >= 4 is 40.8 Å². The Morgan fingerprint density at radius 3 is 2.97 bits per heavy atom. The topological polar surface area (TPSA) is 108 Å². The summed E-state index contributed by atoms with van der Waals surface area (Å²) in [6.45, 7) is 0.897. The largest absolute Gasteiger partial charge is 0.442 e. The molecule has 158 valence electrons. The Morgan fingerprint density at radius 1 is 1.43 bits per heavy atom. The molecule has 9 nitrogen and oxygen atoms in total. The summed E-state index contributed by atoms with van der Waals surface area (Å²) >= 11 is 1.08. The number of hydrogen-bond donors (Lipinski definition) is 2. The standard InChI is InChI=1S/C19H20FN5O4S/c20-16-7-13(1-2-15(16)12-3-5-24(6-4-12)18(27)11-26)25-10-14(29-19(25)28)8-21-17-9-22-30-23-17/h1-3,7,9,14,26H,4-6,8,10-11H2,(H,21,23)/t14-/m0/s1. The van der Waals surface area contributed by atoms with Crippen LogP contribution in [0.4, 0.5) is 20.7 Å². The monoisotopic (exact) mass is 433 g/mol. The third-order valence-corrected chi connectivity index (χ3v) is 5.53. The van der Waals surface area contributed by atoms with E-state index in [9.17, 15) is 14.0 Å². The van der Waals surface area contributed by atoms with Crippen molar-refractivity contribution in [3.63, 3.8) is 0 Å². The van der Waals surface area contributed by atoms with Crippen molar-refractivity contribution < 1.29 is 23.8 Å². The van der Waals surface area contributed by atoms with Gasteiger partial charge in [0.15, 0.2) is 5.82 Å².